The van der Waals surface area contributed by atoms with Crippen LogP contribution >= 0.6 is 11.3 Å². The number of benzene rings is 1. The smallest absolute Gasteiger partial charge is 0.207 e. The van der Waals surface area contributed by atoms with Crippen molar-refractivity contribution >= 4 is 26.9 Å². The van der Waals surface area contributed by atoms with E-state index in [1.54, 1.807) is 19.1 Å². The quantitative estimate of drug-likeness (QED) is 0.862. The second-order valence-corrected chi connectivity index (χ2v) is 8.23. The second-order valence-electron chi connectivity index (χ2n) is 4.94. The van der Waals surface area contributed by atoms with Gasteiger partial charge in [0.05, 0.1) is 0 Å². The summed E-state index contributed by atoms with van der Waals surface area (Å²) in [7, 11) is -3.58. The van der Waals surface area contributed by atoms with Crippen LogP contribution in [0.1, 0.15) is 17.0 Å². The molecule has 2 aromatic rings. The van der Waals surface area contributed by atoms with E-state index in [1.807, 2.05) is 6.08 Å². The SMILES string of the molecule is Cc1nnc(S(=O)(=O)N2CC=C(c3ccc(F)cc3)CC2)s1. The lowest BCUT2D eigenvalue weighted by Crippen LogP contribution is -2.34. The highest BCUT2D eigenvalue weighted by molar-refractivity contribution is 7.91. The van der Waals surface area contributed by atoms with Gasteiger partial charge in [-0.15, -0.1) is 10.2 Å². The van der Waals surface area contributed by atoms with Gasteiger partial charge in [0.15, 0.2) is 0 Å². The molecule has 0 amide bonds. The van der Waals surface area contributed by atoms with Crippen molar-refractivity contribution in [2.75, 3.05) is 13.1 Å². The Kier molecular flexibility index (Phi) is 4.07. The van der Waals surface area contributed by atoms with Crippen LogP contribution in [-0.2, 0) is 10.0 Å². The van der Waals surface area contributed by atoms with Crippen LogP contribution in [0.5, 0.6) is 0 Å². The van der Waals surface area contributed by atoms with E-state index < -0.39 is 10.0 Å². The van der Waals surface area contributed by atoms with E-state index in [0.29, 0.717) is 18.0 Å². The molecule has 1 aromatic carbocycles. The molecule has 0 saturated carbocycles. The first-order chi connectivity index (χ1) is 10.5. The number of sulfonamides is 1. The predicted octanol–water partition coefficient (Wildman–Crippen LogP) is 2.46. The van der Waals surface area contributed by atoms with Gasteiger partial charge in [0, 0.05) is 13.1 Å². The summed E-state index contributed by atoms with van der Waals surface area (Å²) >= 11 is 1.07. The average molecular weight is 339 g/mol. The van der Waals surface area contributed by atoms with Gasteiger partial charge in [0.25, 0.3) is 10.0 Å². The van der Waals surface area contributed by atoms with Crippen LogP contribution in [0.2, 0.25) is 0 Å². The van der Waals surface area contributed by atoms with E-state index >= 15 is 0 Å². The van der Waals surface area contributed by atoms with Gasteiger partial charge < -0.3 is 0 Å². The molecular formula is C14H14FN3O2S2. The average Bonchev–Trinajstić information content (AvgIpc) is 2.96. The van der Waals surface area contributed by atoms with Crippen LogP contribution in [0.25, 0.3) is 5.57 Å². The molecule has 1 aliphatic heterocycles. The molecule has 22 heavy (non-hydrogen) atoms. The fraction of sp³-hybridized carbons (Fsp3) is 0.286. The van der Waals surface area contributed by atoms with E-state index in [2.05, 4.69) is 10.2 Å². The summed E-state index contributed by atoms with van der Waals surface area (Å²) in [6, 6.07) is 6.23. The van der Waals surface area contributed by atoms with E-state index in [9.17, 15) is 12.8 Å². The van der Waals surface area contributed by atoms with Crippen molar-refractivity contribution in [3.8, 4) is 0 Å². The molecule has 0 unspecified atom stereocenters. The maximum Gasteiger partial charge on any atom is 0.272 e. The third-order valence-corrected chi connectivity index (χ3v) is 6.50. The number of halogens is 1. The lowest BCUT2D eigenvalue weighted by atomic mass is 10.0. The maximum atomic E-state index is 12.9. The van der Waals surface area contributed by atoms with Crippen molar-refractivity contribution in [2.24, 2.45) is 0 Å². The third-order valence-electron chi connectivity index (χ3n) is 3.45. The molecule has 0 radical (unpaired) electrons. The van der Waals surface area contributed by atoms with Gasteiger partial charge in [-0.2, -0.15) is 4.31 Å². The van der Waals surface area contributed by atoms with Gasteiger partial charge in [0.2, 0.25) is 4.34 Å². The number of aromatic nitrogens is 2. The fourth-order valence-electron chi connectivity index (χ4n) is 2.29. The fourth-order valence-corrected chi connectivity index (χ4v) is 4.77. The van der Waals surface area contributed by atoms with E-state index in [-0.39, 0.29) is 16.7 Å². The summed E-state index contributed by atoms with van der Waals surface area (Å²) in [5, 5.41) is 8.11. The summed E-state index contributed by atoms with van der Waals surface area (Å²) in [4.78, 5) is 0. The van der Waals surface area contributed by atoms with E-state index in [0.717, 1.165) is 22.5 Å². The van der Waals surface area contributed by atoms with Gasteiger partial charge >= 0.3 is 0 Å². The number of hydrogen-bond acceptors (Lipinski definition) is 5. The Morgan fingerprint density at radius 1 is 1.23 bits per heavy atom. The van der Waals surface area contributed by atoms with Crippen LogP contribution in [-0.4, -0.2) is 36.0 Å². The van der Waals surface area contributed by atoms with Gasteiger partial charge in [-0.3, -0.25) is 0 Å². The minimum Gasteiger partial charge on any atom is -0.207 e. The van der Waals surface area contributed by atoms with Gasteiger partial charge in [-0.1, -0.05) is 29.5 Å². The highest BCUT2D eigenvalue weighted by atomic mass is 32.2. The molecule has 0 aliphatic carbocycles. The molecule has 1 aromatic heterocycles. The zero-order chi connectivity index (χ0) is 15.7. The standard InChI is InChI=1S/C14H14FN3O2S2/c1-10-16-17-14(21-10)22(19,20)18-8-6-12(7-9-18)11-2-4-13(15)5-3-11/h2-6H,7-9H2,1H3. The monoisotopic (exact) mass is 339 g/mol. The number of rotatable bonds is 3. The van der Waals surface area contributed by atoms with Crippen LogP contribution in [0.15, 0.2) is 34.7 Å². The third kappa shape index (κ3) is 2.94. The summed E-state index contributed by atoms with van der Waals surface area (Å²) < 4.78 is 39.2. The Balaban J connectivity index is 1.79. The first kappa shape index (κ1) is 15.3. The highest BCUT2D eigenvalue weighted by Crippen LogP contribution is 2.27. The van der Waals surface area contributed by atoms with Crippen LogP contribution in [0.4, 0.5) is 4.39 Å². The lowest BCUT2D eigenvalue weighted by Gasteiger charge is -2.24. The number of aryl methyl sites for hydroxylation is 1. The Morgan fingerprint density at radius 3 is 2.50 bits per heavy atom. The van der Waals surface area contributed by atoms with Crippen LogP contribution < -0.4 is 0 Å². The molecule has 0 spiro atoms. The minimum atomic E-state index is -3.58. The zero-order valence-corrected chi connectivity index (χ0v) is 13.5. The molecule has 5 nitrogen and oxygen atoms in total. The first-order valence-corrected chi connectivity index (χ1v) is 8.98. The highest BCUT2D eigenvalue weighted by Gasteiger charge is 2.29. The van der Waals surface area contributed by atoms with Crippen molar-refractivity contribution in [3.05, 3.63) is 46.7 Å². The first-order valence-electron chi connectivity index (χ1n) is 6.72. The Bertz CT molecular complexity index is 813. The molecule has 0 saturated heterocycles. The molecule has 0 bridgehead atoms. The number of nitrogens with zero attached hydrogens (tertiary/aromatic N) is 3. The molecule has 8 heteroatoms. The van der Waals surface area contributed by atoms with Crippen LogP contribution in [0, 0.1) is 12.7 Å². The minimum absolute atomic E-state index is 0.0311. The molecule has 0 N–H and O–H groups in total. The van der Waals surface area contributed by atoms with Crippen molar-refractivity contribution < 1.29 is 12.8 Å². The largest absolute Gasteiger partial charge is 0.272 e. The molecule has 1 aliphatic rings. The molecule has 3 rings (SSSR count). The Hall–Kier alpha value is -1.64. The normalized spacial score (nSPS) is 16.5. The van der Waals surface area contributed by atoms with Crippen molar-refractivity contribution in [1.82, 2.24) is 14.5 Å². The zero-order valence-electron chi connectivity index (χ0n) is 11.9. The van der Waals surface area contributed by atoms with E-state index in [4.69, 9.17) is 0 Å². The van der Waals surface area contributed by atoms with Crippen molar-refractivity contribution in [2.45, 2.75) is 17.7 Å². The van der Waals surface area contributed by atoms with Crippen LogP contribution in [0.3, 0.4) is 0 Å². The Labute approximate surface area is 132 Å². The topological polar surface area (TPSA) is 63.2 Å². The lowest BCUT2D eigenvalue weighted by molar-refractivity contribution is 0.440. The molecule has 2 heterocycles. The van der Waals surface area contributed by atoms with Gasteiger partial charge in [-0.25, -0.2) is 12.8 Å². The Morgan fingerprint density at radius 2 is 1.95 bits per heavy atom. The molecule has 116 valence electrons. The van der Waals surface area contributed by atoms with Crippen molar-refractivity contribution in [1.29, 1.82) is 0 Å². The summed E-state index contributed by atoms with van der Waals surface area (Å²) in [5.41, 5.74) is 1.95. The van der Waals surface area contributed by atoms with E-state index in [1.165, 1.54) is 16.4 Å². The molecular weight excluding hydrogens is 325 g/mol. The maximum absolute atomic E-state index is 12.9. The second kappa shape index (κ2) is 5.86. The number of hydrogen-bond donors (Lipinski definition) is 0. The van der Waals surface area contributed by atoms with Gasteiger partial charge in [0.1, 0.15) is 10.8 Å². The van der Waals surface area contributed by atoms with Gasteiger partial charge in [-0.05, 0) is 36.6 Å². The summed E-state index contributed by atoms with van der Waals surface area (Å²) in [5.74, 6) is -0.281. The predicted molar refractivity (Wildman–Crippen MR) is 82.4 cm³/mol. The molecule has 0 atom stereocenters. The summed E-state index contributed by atoms with van der Waals surface area (Å²) in [6.07, 6.45) is 2.45. The summed E-state index contributed by atoms with van der Waals surface area (Å²) in [6.45, 7) is 2.39. The molecule has 0 fully saturated rings. The van der Waals surface area contributed by atoms with Crippen molar-refractivity contribution in [3.63, 3.8) is 0 Å².